The Morgan fingerprint density at radius 1 is 0.773 bits per heavy atom. The number of carbonyl (C=O) groups excluding carboxylic acids is 1. The molecule has 0 heterocycles. The van der Waals surface area contributed by atoms with E-state index in [-0.39, 0.29) is 17.3 Å². The van der Waals surface area contributed by atoms with E-state index in [0.29, 0.717) is 17.4 Å². The third-order valence-corrected chi connectivity index (χ3v) is 5.53. The van der Waals surface area contributed by atoms with Crippen molar-refractivity contribution in [3.8, 4) is 0 Å². The van der Waals surface area contributed by atoms with Gasteiger partial charge in [0.05, 0.1) is 5.56 Å². The van der Waals surface area contributed by atoms with E-state index >= 15 is 0 Å². The second-order valence-corrected chi connectivity index (χ2v) is 6.86. The molecule has 2 aliphatic rings. The van der Waals surface area contributed by atoms with Gasteiger partial charge in [-0.1, -0.05) is 37.8 Å². The predicted octanol–water partition coefficient (Wildman–Crippen LogP) is 4.56. The van der Waals surface area contributed by atoms with E-state index in [2.05, 4.69) is 0 Å². The smallest absolute Gasteiger partial charge is 0.335 e. The molecule has 2 fully saturated rings. The number of benzene rings is 1. The van der Waals surface area contributed by atoms with Gasteiger partial charge in [-0.25, -0.2) is 4.79 Å². The van der Waals surface area contributed by atoms with Crippen LogP contribution in [-0.2, 0) is 0 Å². The average Bonchev–Trinajstić information content (AvgIpc) is 2.86. The highest BCUT2D eigenvalue weighted by Gasteiger charge is 2.38. The quantitative estimate of drug-likeness (QED) is 0.832. The normalized spacial score (nSPS) is 28.5. The third kappa shape index (κ3) is 3.08. The van der Waals surface area contributed by atoms with Crippen molar-refractivity contribution >= 4 is 11.8 Å². The van der Waals surface area contributed by atoms with Gasteiger partial charge in [-0.2, -0.15) is 0 Å². The summed E-state index contributed by atoms with van der Waals surface area (Å²) in [6.45, 7) is 0. The van der Waals surface area contributed by atoms with Crippen LogP contribution in [0.1, 0.15) is 72.1 Å². The lowest BCUT2D eigenvalue weighted by molar-refractivity contribution is 0.0695. The lowest BCUT2D eigenvalue weighted by Gasteiger charge is -2.28. The summed E-state index contributed by atoms with van der Waals surface area (Å²) in [4.78, 5) is 24.0. The lowest BCUT2D eigenvalue weighted by Crippen LogP contribution is -2.29. The van der Waals surface area contributed by atoms with Gasteiger partial charge in [0.2, 0.25) is 0 Å². The Morgan fingerprint density at radius 3 is 1.59 bits per heavy atom. The highest BCUT2D eigenvalue weighted by molar-refractivity contribution is 5.99. The molecule has 0 radical (unpaired) electrons. The van der Waals surface area contributed by atoms with Gasteiger partial charge in [0.1, 0.15) is 0 Å². The van der Waals surface area contributed by atoms with E-state index in [1.807, 2.05) is 0 Å². The molecule has 3 rings (SSSR count). The molecule has 2 bridgehead atoms. The topological polar surface area (TPSA) is 54.4 Å². The zero-order valence-electron chi connectivity index (χ0n) is 13.0. The first-order valence-electron chi connectivity index (χ1n) is 8.54. The fraction of sp³-hybridized carbons (Fsp3) is 0.579. The number of carboxylic acid groups (broad SMARTS) is 1. The molecule has 0 amide bonds. The van der Waals surface area contributed by atoms with Gasteiger partial charge in [-0.3, -0.25) is 4.79 Å². The molecule has 0 aromatic heterocycles. The first-order valence-corrected chi connectivity index (χ1v) is 8.54. The minimum absolute atomic E-state index is 0.153. The maximum absolute atomic E-state index is 13.1. The summed E-state index contributed by atoms with van der Waals surface area (Å²) in [5.74, 6) is 0.516. The molecule has 0 spiro atoms. The zero-order valence-corrected chi connectivity index (χ0v) is 13.0. The molecule has 118 valence electrons. The first kappa shape index (κ1) is 15.3. The average molecular weight is 300 g/mol. The van der Waals surface area contributed by atoms with Crippen molar-refractivity contribution in [1.29, 1.82) is 0 Å². The fourth-order valence-electron chi connectivity index (χ4n) is 4.42. The van der Waals surface area contributed by atoms with Gasteiger partial charge in [-0.05, 0) is 49.7 Å². The van der Waals surface area contributed by atoms with Crippen molar-refractivity contribution in [2.75, 3.05) is 0 Å². The summed E-state index contributed by atoms with van der Waals surface area (Å²) in [5, 5.41) is 8.98. The maximum atomic E-state index is 13.1. The van der Waals surface area contributed by atoms with Crippen LogP contribution in [-0.4, -0.2) is 16.9 Å². The molecule has 0 saturated heterocycles. The number of aromatic carboxylic acids is 1. The van der Waals surface area contributed by atoms with Crippen LogP contribution in [0.25, 0.3) is 0 Å². The zero-order chi connectivity index (χ0) is 15.5. The number of carbonyl (C=O) groups is 2. The Morgan fingerprint density at radius 2 is 1.18 bits per heavy atom. The minimum Gasteiger partial charge on any atom is -0.478 e. The number of fused-ring (bicyclic) bond motifs is 2. The Bertz CT molecular complexity index is 518. The van der Waals surface area contributed by atoms with Gasteiger partial charge in [0.15, 0.2) is 5.78 Å². The highest BCUT2D eigenvalue weighted by atomic mass is 16.4. The number of Topliss-reactive ketones (excluding diaryl/α,β-unsaturated/α-hetero) is 1. The van der Waals surface area contributed by atoms with E-state index < -0.39 is 5.97 Å². The van der Waals surface area contributed by atoms with Crippen molar-refractivity contribution in [2.45, 2.75) is 51.4 Å². The van der Waals surface area contributed by atoms with Crippen molar-refractivity contribution < 1.29 is 14.7 Å². The molecular formula is C19H24O3. The number of hydrogen-bond donors (Lipinski definition) is 1. The lowest BCUT2D eigenvalue weighted by atomic mass is 9.75. The van der Waals surface area contributed by atoms with Crippen LogP contribution >= 0.6 is 0 Å². The Hall–Kier alpha value is -1.64. The Kier molecular flexibility index (Phi) is 4.60. The van der Waals surface area contributed by atoms with E-state index in [0.717, 1.165) is 0 Å². The molecular weight excluding hydrogens is 276 g/mol. The van der Waals surface area contributed by atoms with Crippen LogP contribution in [0.3, 0.4) is 0 Å². The largest absolute Gasteiger partial charge is 0.478 e. The molecule has 1 N–H and O–H groups in total. The SMILES string of the molecule is O=C(O)c1ccc(C(=O)C2C3CCCCC2CCCC3)cc1. The predicted molar refractivity (Wildman–Crippen MR) is 85.1 cm³/mol. The standard InChI is InChI=1S/C19H24O3/c20-18(15-9-11-16(12-10-15)19(21)22)17-13-5-1-2-6-14(17)8-4-3-7-13/h9-14,17H,1-8H2,(H,21,22). The fourth-order valence-corrected chi connectivity index (χ4v) is 4.42. The maximum Gasteiger partial charge on any atom is 0.335 e. The molecule has 0 atom stereocenters. The van der Waals surface area contributed by atoms with Gasteiger partial charge in [-0.15, -0.1) is 0 Å². The molecule has 0 unspecified atom stereocenters. The number of carboxylic acids is 1. The second-order valence-electron chi connectivity index (χ2n) is 6.86. The van der Waals surface area contributed by atoms with Crippen LogP contribution < -0.4 is 0 Å². The van der Waals surface area contributed by atoms with Crippen molar-refractivity contribution in [2.24, 2.45) is 17.8 Å². The van der Waals surface area contributed by atoms with Crippen molar-refractivity contribution in [1.82, 2.24) is 0 Å². The van der Waals surface area contributed by atoms with Gasteiger partial charge in [0, 0.05) is 11.5 Å². The van der Waals surface area contributed by atoms with E-state index in [1.54, 1.807) is 24.3 Å². The summed E-state index contributed by atoms with van der Waals surface area (Å²) in [7, 11) is 0. The molecule has 1 aromatic carbocycles. The minimum atomic E-state index is -0.942. The van der Waals surface area contributed by atoms with Crippen molar-refractivity contribution in [3.05, 3.63) is 35.4 Å². The highest BCUT2D eigenvalue weighted by Crippen LogP contribution is 2.43. The second kappa shape index (κ2) is 6.64. The molecule has 0 aliphatic heterocycles. The van der Waals surface area contributed by atoms with Crippen LogP contribution in [0, 0.1) is 17.8 Å². The summed E-state index contributed by atoms with van der Waals surface area (Å²) in [5.41, 5.74) is 0.934. The molecule has 2 saturated carbocycles. The number of rotatable bonds is 3. The summed E-state index contributed by atoms with van der Waals surface area (Å²) in [6.07, 6.45) is 9.73. The van der Waals surface area contributed by atoms with E-state index in [4.69, 9.17) is 5.11 Å². The summed E-state index contributed by atoms with van der Waals surface area (Å²) in [6, 6.07) is 6.50. The van der Waals surface area contributed by atoms with E-state index in [9.17, 15) is 9.59 Å². The molecule has 1 aromatic rings. The number of hydrogen-bond acceptors (Lipinski definition) is 2. The van der Waals surface area contributed by atoms with Crippen LogP contribution in [0.5, 0.6) is 0 Å². The molecule has 22 heavy (non-hydrogen) atoms. The van der Waals surface area contributed by atoms with Gasteiger partial charge < -0.3 is 5.11 Å². The van der Waals surface area contributed by atoms with E-state index in [1.165, 1.54) is 51.4 Å². The monoisotopic (exact) mass is 300 g/mol. The summed E-state index contributed by atoms with van der Waals surface area (Å²) >= 11 is 0. The Balaban J connectivity index is 1.86. The summed E-state index contributed by atoms with van der Waals surface area (Å²) < 4.78 is 0. The third-order valence-electron chi connectivity index (χ3n) is 5.53. The van der Waals surface area contributed by atoms with Gasteiger partial charge >= 0.3 is 5.97 Å². The number of ketones is 1. The Labute approximate surface area is 131 Å². The molecule has 3 nitrogen and oxygen atoms in total. The van der Waals surface area contributed by atoms with Crippen LogP contribution in [0.2, 0.25) is 0 Å². The van der Waals surface area contributed by atoms with Crippen LogP contribution in [0.4, 0.5) is 0 Å². The van der Waals surface area contributed by atoms with Crippen molar-refractivity contribution in [3.63, 3.8) is 0 Å². The first-order chi connectivity index (χ1) is 10.7. The van der Waals surface area contributed by atoms with Crippen LogP contribution in [0.15, 0.2) is 24.3 Å². The van der Waals surface area contributed by atoms with Gasteiger partial charge in [0.25, 0.3) is 0 Å². The molecule has 3 heteroatoms. The molecule has 2 aliphatic carbocycles.